The smallest absolute Gasteiger partial charge is 0.322 e. The molecule has 0 aliphatic carbocycles. The number of nitrogens with zero attached hydrogens (tertiary/aromatic N) is 5. The van der Waals surface area contributed by atoms with E-state index in [9.17, 15) is 14.5 Å². The number of amides is 1. The minimum atomic E-state index is -1.22. The van der Waals surface area contributed by atoms with E-state index in [1.807, 2.05) is 4.90 Å². The Bertz CT molecular complexity index is 1250. The molecule has 5 rings (SSSR count). The zero-order valence-electron chi connectivity index (χ0n) is 17.8. The number of ether oxygens (including phenoxy) is 1. The summed E-state index contributed by atoms with van der Waals surface area (Å²) < 4.78 is 22.2. The summed E-state index contributed by atoms with van der Waals surface area (Å²) in [5.41, 5.74) is -1.06. The molecule has 3 aromatic heterocycles. The maximum atomic E-state index is 15.0. The third-order valence-electron chi connectivity index (χ3n) is 6.28. The van der Waals surface area contributed by atoms with Crippen molar-refractivity contribution in [2.75, 3.05) is 24.6 Å². The molecular weight excluding hydrogens is 449 g/mol. The van der Waals surface area contributed by atoms with Gasteiger partial charge >= 0.3 is 5.91 Å². The number of aromatic nitrogens is 3. The summed E-state index contributed by atoms with van der Waals surface area (Å²) in [6.45, 7) is 2.19. The molecule has 3 aromatic rings. The molecule has 5 heterocycles. The minimum Gasteiger partial charge on any atom is -0.378 e. The summed E-state index contributed by atoms with van der Waals surface area (Å²) in [6, 6.07) is 1.08. The van der Waals surface area contributed by atoms with Crippen LogP contribution in [0.3, 0.4) is 0 Å². The molecule has 2 aliphatic heterocycles. The van der Waals surface area contributed by atoms with Gasteiger partial charge in [-0.25, -0.2) is 14.4 Å². The number of carbonyl (C=O) groups is 1. The van der Waals surface area contributed by atoms with E-state index in [-0.39, 0.29) is 16.9 Å². The van der Waals surface area contributed by atoms with E-state index >= 15 is 4.39 Å². The molecule has 172 valence electrons. The molecule has 0 N–H and O–H groups in total. The lowest BCUT2D eigenvalue weighted by molar-refractivity contribution is 0.00690. The van der Waals surface area contributed by atoms with E-state index in [4.69, 9.17) is 4.74 Å². The average molecular weight is 472 g/mol. The number of thiazole rings is 1. The van der Waals surface area contributed by atoms with Crippen molar-refractivity contribution >= 4 is 34.1 Å². The molecule has 1 atom stereocenters. The molecule has 0 aromatic carbocycles. The Kier molecular flexibility index (Phi) is 5.98. The number of hydrogen-bond donors (Lipinski definition) is 0. The van der Waals surface area contributed by atoms with Crippen molar-refractivity contribution in [2.45, 2.75) is 38.2 Å². The van der Waals surface area contributed by atoms with Gasteiger partial charge in [-0.3, -0.25) is 14.2 Å². The molecule has 33 heavy (non-hydrogen) atoms. The van der Waals surface area contributed by atoms with E-state index in [0.29, 0.717) is 30.2 Å². The lowest BCUT2D eigenvalue weighted by atomic mass is 9.91. The van der Waals surface area contributed by atoms with Crippen LogP contribution >= 0.6 is 11.3 Å². The van der Waals surface area contributed by atoms with Crippen LogP contribution in [0.25, 0.3) is 16.2 Å². The van der Waals surface area contributed by atoms with Crippen LogP contribution in [-0.2, 0) is 4.74 Å². The van der Waals surface area contributed by atoms with Gasteiger partial charge in [-0.2, -0.15) is 0 Å². The van der Waals surface area contributed by atoms with Crippen LogP contribution in [0.2, 0.25) is 0 Å². The third kappa shape index (κ3) is 4.18. The first kappa shape index (κ1) is 21.8. The highest BCUT2D eigenvalue weighted by Gasteiger charge is 2.31. The fourth-order valence-corrected chi connectivity index (χ4v) is 5.12. The number of pyridine rings is 2. The van der Waals surface area contributed by atoms with E-state index in [1.165, 1.54) is 28.5 Å². The molecule has 0 saturated carbocycles. The number of carbonyl (C=O) groups excluding carboxylic acids is 1. The maximum Gasteiger partial charge on any atom is 0.322 e. The number of anilines is 1. The van der Waals surface area contributed by atoms with Crippen molar-refractivity contribution in [3.8, 4) is 5.13 Å². The summed E-state index contributed by atoms with van der Waals surface area (Å²) in [5, 5.41) is 4.40. The van der Waals surface area contributed by atoms with Crippen molar-refractivity contribution in [2.24, 2.45) is 11.1 Å². The molecule has 1 amide bonds. The first-order valence-corrected chi connectivity index (χ1v) is 11.8. The first-order valence-electron chi connectivity index (χ1n) is 10.9. The van der Waals surface area contributed by atoms with Crippen molar-refractivity contribution in [1.82, 2.24) is 14.5 Å². The maximum absolute atomic E-state index is 15.0. The van der Waals surface area contributed by atoms with Gasteiger partial charge in [-0.1, -0.05) is 0 Å². The Morgan fingerprint density at radius 3 is 2.85 bits per heavy atom. The summed E-state index contributed by atoms with van der Waals surface area (Å²) in [4.78, 5) is 45.9. The zero-order valence-corrected chi connectivity index (χ0v) is 18.6. The van der Waals surface area contributed by atoms with Gasteiger partial charge in [0.15, 0.2) is 22.4 Å². The van der Waals surface area contributed by atoms with Gasteiger partial charge in [-0.15, -0.1) is 16.2 Å². The monoisotopic (exact) mass is 471 g/mol. The highest BCUT2D eigenvalue weighted by Crippen LogP contribution is 2.31. The lowest BCUT2D eigenvalue weighted by Crippen LogP contribution is -2.48. The van der Waals surface area contributed by atoms with Crippen LogP contribution in [0, 0.1) is 16.6 Å². The second kappa shape index (κ2) is 9.06. The normalized spacial score (nSPS) is 18.9. The van der Waals surface area contributed by atoms with Crippen LogP contribution in [0.15, 0.2) is 33.8 Å². The first-order chi connectivity index (χ1) is 16.0. The zero-order chi connectivity index (χ0) is 22.9. The van der Waals surface area contributed by atoms with Gasteiger partial charge in [0.25, 0.3) is 0 Å². The average Bonchev–Trinajstić information content (AvgIpc) is 3.34. The van der Waals surface area contributed by atoms with Crippen LogP contribution < -0.4 is 10.3 Å². The van der Waals surface area contributed by atoms with Crippen LogP contribution in [0.5, 0.6) is 0 Å². The Morgan fingerprint density at radius 1 is 1.30 bits per heavy atom. The molecule has 0 spiro atoms. The van der Waals surface area contributed by atoms with Gasteiger partial charge in [0.2, 0.25) is 5.43 Å². The largest absolute Gasteiger partial charge is 0.378 e. The SMILES string of the molecule is O=NC(=O)c1cn(-c2nccs2)c2nc(N3CC(CCC4CCCCO4)C3)c(F)cc2c1=O. The van der Waals surface area contributed by atoms with Crippen molar-refractivity contribution < 1.29 is 13.9 Å². The summed E-state index contributed by atoms with van der Waals surface area (Å²) in [5.74, 6) is -1.27. The fourth-order valence-electron chi connectivity index (χ4n) is 4.50. The van der Waals surface area contributed by atoms with E-state index in [1.54, 1.807) is 11.6 Å². The Balaban J connectivity index is 1.43. The number of rotatable bonds is 6. The number of nitroso groups, excluding NO2 is 1. The van der Waals surface area contributed by atoms with Gasteiger partial charge in [0.05, 0.1) is 11.5 Å². The topological polar surface area (TPSA) is 107 Å². The molecule has 1 unspecified atom stereocenters. The van der Waals surface area contributed by atoms with Crippen molar-refractivity contribution in [3.05, 3.63) is 50.4 Å². The number of fused-ring (bicyclic) bond motifs is 1. The second-order valence-corrected chi connectivity index (χ2v) is 9.33. The van der Waals surface area contributed by atoms with Gasteiger partial charge in [0, 0.05) is 42.6 Å². The van der Waals surface area contributed by atoms with Gasteiger partial charge in [0.1, 0.15) is 5.56 Å². The number of hydrogen-bond acceptors (Lipinski definition) is 8. The quantitative estimate of drug-likeness (QED) is 0.505. The third-order valence-corrected chi connectivity index (χ3v) is 7.05. The molecule has 0 bridgehead atoms. The molecule has 9 nitrogen and oxygen atoms in total. The molecule has 11 heteroatoms. The molecule has 2 saturated heterocycles. The van der Waals surface area contributed by atoms with Crippen LogP contribution in [0.4, 0.5) is 10.2 Å². The minimum absolute atomic E-state index is 0.104. The highest BCUT2D eigenvalue weighted by molar-refractivity contribution is 7.12. The Morgan fingerprint density at radius 2 is 2.15 bits per heavy atom. The molecule has 2 aliphatic rings. The highest BCUT2D eigenvalue weighted by atomic mass is 32.1. The van der Waals surface area contributed by atoms with Gasteiger partial charge in [-0.05, 0) is 44.1 Å². The fraction of sp³-hybridized carbons (Fsp3) is 0.455. The van der Waals surface area contributed by atoms with Crippen LogP contribution in [0.1, 0.15) is 42.5 Å². The predicted molar refractivity (Wildman–Crippen MR) is 122 cm³/mol. The van der Waals surface area contributed by atoms with Crippen molar-refractivity contribution in [1.29, 1.82) is 0 Å². The summed E-state index contributed by atoms with van der Waals surface area (Å²) in [7, 11) is 0. The summed E-state index contributed by atoms with van der Waals surface area (Å²) in [6.07, 6.45) is 8.57. The molecular formula is C22H22FN5O4S. The molecule has 2 fully saturated rings. The van der Waals surface area contributed by atoms with Crippen LogP contribution in [-0.4, -0.2) is 46.2 Å². The second-order valence-electron chi connectivity index (χ2n) is 8.45. The predicted octanol–water partition coefficient (Wildman–Crippen LogP) is 3.67. The number of halogens is 1. The van der Waals surface area contributed by atoms with E-state index in [2.05, 4.69) is 15.1 Å². The lowest BCUT2D eigenvalue weighted by Gasteiger charge is -2.41. The van der Waals surface area contributed by atoms with E-state index in [0.717, 1.165) is 38.4 Å². The summed E-state index contributed by atoms with van der Waals surface area (Å²) >= 11 is 1.25. The standard InChI is InChI=1S/C22H22FN5O4S/c23-17-9-15-18(29)16(21(30)26-31)12-28(22-24-6-8-33-22)19(15)25-20(17)27-10-13(11-27)4-5-14-3-1-2-7-32-14/h6,8-9,12-14H,1-5,7,10-11H2. The Hall–Kier alpha value is -3.05. The van der Waals surface area contributed by atoms with Crippen molar-refractivity contribution in [3.63, 3.8) is 0 Å². The molecule has 0 radical (unpaired) electrons. The Labute approximate surface area is 192 Å². The van der Waals surface area contributed by atoms with Gasteiger partial charge < -0.3 is 9.64 Å². The van der Waals surface area contributed by atoms with E-state index < -0.39 is 22.7 Å².